The molecule has 4 aliphatic carbocycles. The third-order valence-corrected chi connectivity index (χ3v) is 9.30. The summed E-state index contributed by atoms with van der Waals surface area (Å²) in [5.74, 6) is -2.69. The molecule has 176 valence electrons. The van der Waals surface area contributed by atoms with Crippen LogP contribution in [0.25, 0.3) is 0 Å². The van der Waals surface area contributed by atoms with Gasteiger partial charge in [-0.1, -0.05) is 32.4 Å². The first-order chi connectivity index (χ1) is 14.9. The molecule has 0 aromatic heterocycles. The summed E-state index contributed by atoms with van der Waals surface area (Å²) >= 11 is 0. The molecule has 0 spiro atoms. The monoisotopic (exact) mass is 448 g/mol. The van der Waals surface area contributed by atoms with E-state index in [0.29, 0.717) is 24.8 Å². The van der Waals surface area contributed by atoms with Crippen LogP contribution in [-0.2, 0) is 19.1 Å². The molecule has 0 radical (unpaired) electrons. The Balaban J connectivity index is 1.85. The average Bonchev–Trinajstić information content (AvgIpc) is 2.96. The number of aliphatic hydroxyl groups excluding tert-OH is 2. The van der Waals surface area contributed by atoms with Gasteiger partial charge in [0.1, 0.15) is 6.61 Å². The van der Waals surface area contributed by atoms with Gasteiger partial charge in [0.05, 0.1) is 6.10 Å². The van der Waals surface area contributed by atoms with Gasteiger partial charge >= 0.3 is 5.97 Å². The summed E-state index contributed by atoms with van der Waals surface area (Å²) in [6.07, 6.45) is 4.38. The summed E-state index contributed by atoms with van der Waals surface area (Å²) in [4.78, 5) is 37.5. The third-order valence-electron chi connectivity index (χ3n) is 9.30. The van der Waals surface area contributed by atoms with E-state index >= 15 is 4.39 Å². The minimum absolute atomic E-state index is 0.0675. The van der Waals surface area contributed by atoms with E-state index in [-0.39, 0.29) is 24.5 Å². The van der Waals surface area contributed by atoms with E-state index in [4.69, 9.17) is 4.74 Å². The fraction of sp³-hybridized carbons (Fsp3) is 0.720. The van der Waals surface area contributed by atoms with Crippen molar-refractivity contribution in [1.82, 2.24) is 0 Å². The van der Waals surface area contributed by atoms with Crippen molar-refractivity contribution in [3.63, 3.8) is 0 Å². The molecule has 0 aromatic carbocycles. The SMILES string of the molecule is CCC(=O)O[C@]1(C(=O)CO)[C@H](C)C[C@@H]2[C@H]3CCC4=CC(=O)C=C[C@]4(C)[C@@]3(F)[C@@H](O)C[C@@]21C. The van der Waals surface area contributed by atoms with Crippen LogP contribution in [-0.4, -0.2) is 51.7 Å². The highest BCUT2D eigenvalue weighted by Crippen LogP contribution is 2.71. The summed E-state index contributed by atoms with van der Waals surface area (Å²) in [5, 5.41) is 21.2. The maximum absolute atomic E-state index is 17.2. The molecular weight excluding hydrogens is 415 g/mol. The number of rotatable bonds is 4. The van der Waals surface area contributed by atoms with Crippen LogP contribution in [0.2, 0.25) is 0 Å². The zero-order valence-corrected chi connectivity index (χ0v) is 19.2. The van der Waals surface area contributed by atoms with Gasteiger partial charge in [-0.15, -0.1) is 0 Å². The Morgan fingerprint density at radius 1 is 1.28 bits per heavy atom. The Kier molecular flexibility index (Phi) is 5.33. The number of allylic oxidation sites excluding steroid dienone is 4. The van der Waals surface area contributed by atoms with Crippen LogP contribution in [0, 0.1) is 28.6 Å². The summed E-state index contributed by atoms with van der Waals surface area (Å²) in [6, 6.07) is 0. The van der Waals surface area contributed by atoms with E-state index in [9.17, 15) is 24.6 Å². The van der Waals surface area contributed by atoms with E-state index in [1.54, 1.807) is 33.8 Å². The minimum atomic E-state index is -2.02. The molecule has 0 saturated heterocycles. The smallest absolute Gasteiger partial charge is 0.306 e. The molecular formula is C25H33FO6. The second-order valence-electron chi connectivity index (χ2n) is 10.5. The number of carbonyl (C=O) groups is 3. The van der Waals surface area contributed by atoms with Gasteiger partial charge in [0.25, 0.3) is 0 Å². The lowest BCUT2D eigenvalue weighted by Gasteiger charge is -2.62. The number of carbonyl (C=O) groups excluding carboxylic acids is 3. The number of hydrogen-bond acceptors (Lipinski definition) is 6. The second-order valence-corrected chi connectivity index (χ2v) is 10.5. The second kappa shape index (κ2) is 7.32. The number of ketones is 2. The van der Waals surface area contributed by atoms with Crippen molar-refractivity contribution < 1.29 is 33.7 Å². The number of alkyl halides is 1. The Morgan fingerprint density at radius 3 is 2.59 bits per heavy atom. The van der Waals surface area contributed by atoms with Crippen LogP contribution in [0.4, 0.5) is 4.39 Å². The van der Waals surface area contributed by atoms with Crippen LogP contribution in [0.3, 0.4) is 0 Å². The fourth-order valence-corrected chi connectivity index (χ4v) is 7.77. The molecule has 0 heterocycles. The van der Waals surface area contributed by atoms with Gasteiger partial charge in [-0.25, -0.2) is 4.39 Å². The molecule has 0 amide bonds. The number of esters is 1. The molecule has 0 unspecified atom stereocenters. The van der Waals surface area contributed by atoms with Crippen molar-refractivity contribution in [3.05, 3.63) is 23.8 Å². The van der Waals surface area contributed by atoms with Gasteiger partial charge in [-0.2, -0.15) is 0 Å². The Morgan fingerprint density at radius 2 is 1.97 bits per heavy atom. The molecule has 4 rings (SSSR count). The Bertz CT molecular complexity index is 925. The molecule has 3 fully saturated rings. The van der Waals surface area contributed by atoms with Gasteiger partial charge in [0, 0.05) is 29.1 Å². The molecule has 2 N–H and O–H groups in total. The highest BCUT2D eigenvalue weighted by atomic mass is 19.1. The van der Waals surface area contributed by atoms with Gasteiger partial charge in [-0.05, 0) is 50.7 Å². The standard InChI is InChI=1S/C25H33FO6/c1-5-21(31)32-25(20(30)13-27)14(2)10-18-17-7-6-15-11-16(28)8-9-22(15,3)24(17,26)19(29)12-23(18,25)4/h8-9,11,14,17-19,27,29H,5-7,10,12-13H2,1-4H3/t14-,17-,18-,19+,22+,23+,24+,25+/m1/s1. The molecule has 6 nitrogen and oxygen atoms in total. The molecule has 32 heavy (non-hydrogen) atoms. The van der Waals surface area contributed by atoms with E-state index in [0.717, 1.165) is 0 Å². The fourth-order valence-electron chi connectivity index (χ4n) is 7.77. The van der Waals surface area contributed by atoms with Crippen molar-refractivity contribution in [2.24, 2.45) is 28.6 Å². The van der Waals surface area contributed by atoms with Crippen LogP contribution >= 0.6 is 0 Å². The highest BCUT2D eigenvalue weighted by molar-refractivity contribution is 6.01. The lowest BCUT2D eigenvalue weighted by Crippen LogP contribution is -2.70. The van der Waals surface area contributed by atoms with Crippen LogP contribution in [0.1, 0.15) is 59.8 Å². The van der Waals surface area contributed by atoms with E-state index < -0.39 is 58.4 Å². The summed E-state index contributed by atoms with van der Waals surface area (Å²) in [7, 11) is 0. The molecule has 4 aliphatic rings. The number of halogens is 1. The molecule has 0 bridgehead atoms. The van der Waals surface area contributed by atoms with Crippen molar-refractivity contribution >= 4 is 17.5 Å². The average molecular weight is 449 g/mol. The topological polar surface area (TPSA) is 101 Å². The predicted octanol–water partition coefficient (Wildman–Crippen LogP) is 2.86. The van der Waals surface area contributed by atoms with Gasteiger partial charge < -0.3 is 14.9 Å². The molecule has 3 saturated carbocycles. The maximum atomic E-state index is 17.2. The maximum Gasteiger partial charge on any atom is 0.306 e. The van der Waals surface area contributed by atoms with Crippen molar-refractivity contribution in [2.75, 3.05) is 6.61 Å². The first kappa shape index (κ1) is 23.3. The normalized spacial score (nSPS) is 47.2. The first-order valence-electron chi connectivity index (χ1n) is 11.6. The highest BCUT2D eigenvalue weighted by Gasteiger charge is 2.77. The Labute approximate surface area is 187 Å². The van der Waals surface area contributed by atoms with Crippen molar-refractivity contribution in [1.29, 1.82) is 0 Å². The summed E-state index contributed by atoms with van der Waals surface area (Å²) < 4.78 is 23.0. The van der Waals surface area contributed by atoms with E-state index in [2.05, 4.69) is 0 Å². The molecule has 7 heteroatoms. The predicted molar refractivity (Wildman–Crippen MR) is 114 cm³/mol. The van der Waals surface area contributed by atoms with Gasteiger partial charge in [-0.3, -0.25) is 14.4 Å². The van der Waals surface area contributed by atoms with Crippen molar-refractivity contribution in [3.8, 4) is 0 Å². The van der Waals surface area contributed by atoms with Crippen LogP contribution < -0.4 is 0 Å². The van der Waals surface area contributed by atoms with Crippen molar-refractivity contribution in [2.45, 2.75) is 77.2 Å². The number of fused-ring (bicyclic) bond motifs is 5. The van der Waals surface area contributed by atoms with Crippen LogP contribution in [0.5, 0.6) is 0 Å². The zero-order chi connectivity index (χ0) is 23.7. The third kappa shape index (κ3) is 2.61. The Hall–Kier alpha value is -1.86. The van der Waals surface area contributed by atoms with Crippen LogP contribution in [0.15, 0.2) is 23.8 Å². The first-order valence-corrected chi connectivity index (χ1v) is 11.6. The number of hydrogen-bond donors (Lipinski definition) is 2. The largest absolute Gasteiger partial charge is 0.450 e. The van der Waals surface area contributed by atoms with E-state index in [1.165, 1.54) is 12.2 Å². The lowest BCUT2D eigenvalue weighted by molar-refractivity contribution is -0.228. The molecule has 0 aromatic rings. The molecule has 0 aliphatic heterocycles. The minimum Gasteiger partial charge on any atom is -0.450 e. The van der Waals surface area contributed by atoms with E-state index in [1.807, 2.05) is 0 Å². The summed E-state index contributed by atoms with van der Waals surface area (Å²) in [6.45, 7) is 6.19. The summed E-state index contributed by atoms with van der Waals surface area (Å²) in [5.41, 5.74) is -5.10. The number of Topliss-reactive ketones (excluding diaryl/α,β-unsaturated/α-hetero) is 1. The lowest BCUT2D eigenvalue weighted by atomic mass is 9.44. The van der Waals surface area contributed by atoms with Gasteiger partial charge in [0.15, 0.2) is 17.1 Å². The number of aliphatic hydroxyl groups is 2. The van der Waals surface area contributed by atoms with Gasteiger partial charge in [0.2, 0.25) is 5.78 Å². The molecule has 8 atom stereocenters. The zero-order valence-electron chi connectivity index (χ0n) is 19.2. The quantitative estimate of drug-likeness (QED) is 0.642. The number of ether oxygens (including phenoxy) is 1.